The molecule has 7 nitrogen and oxygen atoms in total. The van der Waals surface area contributed by atoms with Crippen LogP contribution in [-0.4, -0.2) is 30.0 Å². The first-order chi connectivity index (χ1) is 16.5. The third kappa shape index (κ3) is 3.16. The number of aromatic nitrogens is 5. The van der Waals surface area contributed by atoms with Gasteiger partial charge in [0.2, 0.25) is 0 Å². The van der Waals surface area contributed by atoms with Crippen LogP contribution in [0, 0.1) is 18.7 Å². The van der Waals surface area contributed by atoms with E-state index >= 15 is 0 Å². The van der Waals surface area contributed by atoms with Gasteiger partial charge in [0.15, 0.2) is 5.82 Å². The summed E-state index contributed by atoms with van der Waals surface area (Å²) in [5.74, 6) is 1.33. The SMILES string of the molecule is Cc1cc(F)c(C(=O)Nc2cccc(-c3ncc4n3C3CC3C4)n2)cc1-n1cnc(C2CC2)c1. The average Bonchev–Trinajstić information content (AvgIpc) is 3.67. The number of carbonyl (C=O) groups is 1. The van der Waals surface area contributed by atoms with Crippen LogP contribution in [0.2, 0.25) is 0 Å². The molecule has 1 aliphatic heterocycles. The summed E-state index contributed by atoms with van der Waals surface area (Å²) in [7, 11) is 0. The van der Waals surface area contributed by atoms with E-state index in [1.54, 1.807) is 18.5 Å². The van der Waals surface area contributed by atoms with Crippen molar-refractivity contribution in [1.29, 1.82) is 0 Å². The number of carbonyl (C=O) groups excluding carboxylic acids is 1. The molecule has 1 amide bonds. The lowest BCUT2D eigenvalue weighted by molar-refractivity contribution is 0.102. The average molecular weight is 455 g/mol. The molecule has 2 saturated carbocycles. The van der Waals surface area contributed by atoms with Crippen molar-refractivity contribution < 1.29 is 9.18 Å². The summed E-state index contributed by atoms with van der Waals surface area (Å²) in [6.07, 6.45) is 10.2. The zero-order chi connectivity index (χ0) is 23.0. The van der Waals surface area contributed by atoms with Gasteiger partial charge in [-0.05, 0) is 68.4 Å². The van der Waals surface area contributed by atoms with Crippen LogP contribution in [0.25, 0.3) is 17.2 Å². The van der Waals surface area contributed by atoms with Gasteiger partial charge < -0.3 is 14.5 Å². The maximum Gasteiger partial charge on any atom is 0.259 e. The molecule has 4 aromatic rings. The second kappa shape index (κ2) is 7.09. The van der Waals surface area contributed by atoms with Crippen molar-refractivity contribution in [3.63, 3.8) is 0 Å². The fourth-order valence-corrected chi connectivity index (χ4v) is 5.13. The lowest BCUT2D eigenvalue weighted by Crippen LogP contribution is -2.16. The summed E-state index contributed by atoms with van der Waals surface area (Å²) in [5, 5.41) is 2.77. The summed E-state index contributed by atoms with van der Waals surface area (Å²) < 4.78 is 19.0. The van der Waals surface area contributed by atoms with Crippen molar-refractivity contribution in [2.75, 3.05) is 5.32 Å². The number of aryl methyl sites for hydroxylation is 1. The fraction of sp³-hybridized carbons (Fsp3) is 0.308. The van der Waals surface area contributed by atoms with E-state index in [0.29, 0.717) is 23.5 Å². The first-order valence-electron chi connectivity index (χ1n) is 11.7. The molecule has 34 heavy (non-hydrogen) atoms. The van der Waals surface area contributed by atoms with E-state index in [0.717, 1.165) is 47.9 Å². The molecule has 170 valence electrons. The second-order valence-corrected chi connectivity index (χ2v) is 9.67. The number of pyridine rings is 1. The van der Waals surface area contributed by atoms with E-state index in [4.69, 9.17) is 0 Å². The van der Waals surface area contributed by atoms with Crippen molar-refractivity contribution in [2.24, 2.45) is 5.92 Å². The van der Waals surface area contributed by atoms with E-state index in [2.05, 4.69) is 24.8 Å². The molecule has 0 saturated heterocycles. The van der Waals surface area contributed by atoms with Crippen LogP contribution in [0.5, 0.6) is 0 Å². The molecule has 2 atom stereocenters. The summed E-state index contributed by atoms with van der Waals surface area (Å²) >= 11 is 0. The van der Waals surface area contributed by atoms with Gasteiger partial charge in [0.25, 0.3) is 5.91 Å². The van der Waals surface area contributed by atoms with Gasteiger partial charge in [0.05, 0.1) is 23.3 Å². The van der Waals surface area contributed by atoms with Crippen molar-refractivity contribution in [3.05, 3.63) is 77.4 Å². The molecule has 7 rings (SSSR count). The minimum atomic E-state index is -0.566. The highest BCUT2D eigenvalue weighted by atomic mass is 19.1. The van der Waals surface area contributed by atoms with Crippen molar-refractivity contribution in [3.8, 4) is 17.2 Å². The Labute approximate surface area is 195 Å². The van der Waals surface area contributed by atoms with E-state index in [1.807, 2.05) is 36.0 Å². The van der Waals surface area contributed by atoms with E-state index in [9.17, 15) is 9.18 Å². The summed E-state index contributed by atoms with van der Waals surface area (Å²) in [6, 6.07) is 8.93. The van der Waals surface area contributed by atoms with Crippen LogP contribution >= 0.6 is 0 Å². The normalized spacial score (nSPS) is 20.2. The largest absolute Gasteiger partial charge is 0.323 e. The Morgan fingerprint density at radius 3 is 2.94 bits per heavy atom. The van der Waals surface area contributed by atoms with Gasteiger partial charge in [0.1, 0.15) is 17.3 Å². The third-order valence-electron chi connectivity index (χ3n) is 7.19. The van der Waals surface area contributed by atoms with Crippen LogP contribution in [-0.2, 0) is 6.42 Å². The minimum Gasteiger partial charge on any atom is -0.323 e. The molecule has 4 heterocycles. The zero-order valence-electron chi connectivity index (χ0n) is 18.7. The molecule has 2 fully saturated rings. The predicted octanol–water partition coefficient (Wildman–Crippen LogP) is 4.83. The monoisotopic (exact) mass is 454 g/mol. The first-order valence-corrected chi connectivity index (χ1v) is 11.7. The Morgan fingerprint density at radius 2 is 2.09 bits per heavy atom. The standard InChI is InChI=1S/C26H23FN6O/c1-14-7-19(27)18(10-22(14)32-12-21(29-13-32)15-5-6-15)26(34)31-24-4-2-3-20(30-24)25-28-11-17-8-16-9-23(16)33(17)25/h2-4,7,10-13,15-16,23H,5-6,8-9H2,1H3,(H,30,31,34). The molecule has 0 bridgehead atoms. The molecule has 3 aromatic heterocycles. The molecule has 0 spiro atoms. The smallest absolute Gasteiger partial charge is 0.259 e. The quantitative estimate of drug-likeness (QED) is 0.469. The number of amides is 1. The van der Waals surface area contributed by atoms with E-state index in [1.165, 1.54) is 18.2 Å². The molecule has 8 heteroatoms. The summed E-state index contributed by atoms with van der Waals surface area (Å²) in [4.78, 5) is 26.7. The van der Waals surface area contributed by atoms with E-state index in [-0.39, 0.29) is 5.56 Å². The van der Waals surface area contributed by atoms with Crippen LogP contribution in [0.15, 0.2) is 49.1 Å². The molecule has 1 aromatic carbocycles. The number of anilines is 1. The highest BCUT2D eigenvalue weighted by Crippen LogP contribution is 2.53. The number of nitrogens with one attached hydrogen (secondary N) is 1. The predicted molar refractivity (Wildman–Crippen MR) is 124 cm³/mol. The van der Waals surface area contributed by atoms with Gasteiger partial charge in [-0.1, -0.05) is 6.07 Å². The van der Waals surface area contributed by atoms with Crippen LogP contribution in [0.1, 0.15) is 58.5 Å². The van der Waals surface area contributed by atoms with Gasteiger partial charge in [-0.25, -0.2) is 19.3 Å². The van der Waals surface area contributed by atoms with Gasteiger partial charge in [-0.3, -0.25) is 4.79 Å². The molecular weight excluding hydrogens is 431 g/mol. The zero-order valence-corrected chi connectivity index (χ0v) is 18.7. The van der Waals surface area contributed by atoms with Gasteiger partial charge in [-0.15, -0.1) is 0 Å². The summed E-state index contributed by atoms with van der Waals surface area (Å²) in [6.45, 7) is 1.83. The van der Waals surface area contributed by atoms with Crippen molar-refractivity contribution >= 4 is 11.7 Å². The Bertz CT molecular complexity index is 1470. The molecule has 3 aliphatic rings. The first kappa shape index (κ1) is 19.6. The molecular formula is C26H23FN6O. The van der Waals surface area contributed by atoms with Crippen molar-refractivity contribution in [2.45, 2.75) is 44.6 Å². The minimum absolute atomic E-state index is 0.0306. The number of imidazole rings is 2. The van der Waals surface area contributed by atoms with E-state index < -0.39 is 11.7 Å². The van der Waals surface area contributed by atoms with Gasteiger partial charge in [-0.2, -0.15) is 0 Å². The maximum absolute atomic E-state index is 14.8. The van der Waals surface area contributed by atoms with Gasteiger partial charge >= 0.3 is 0 Å². The van der Waals surface area contributed by atoms with Crippen molar-refractivity contribution in [1.82, 2.24) is 24.1 Å². The highest BCUT2D eigenvalue weighted by molar-refractivity contribution is 6.04. The fourth-order valence-electron chi connectivity index (χ4n) is 5.13. The molecule has 2 aliphatic carbocycles. The number of hydrogen-bond donors (Lipinski definition) is 1. The Hall–Kier alpha value is -3.81. The Morgan fingerprint density at radius 1 is 1.21 bits per heavy atom. The van der Waals surface area contributed by atoms with Crippen LogP contribution in [0.4, 0.5) is 10.2 Å². The van der Waals surface area contributed by atoms with Crippen LogP contribution in [0.3, 0.4) is 0 Å². The lowest BCUT2D eigenvalue weighted by atomic mass is 10.1. The maximum atomic E-state index is 14.8. The number of fused-ring (bicyclic) bond motifs is 3. The molecule has 1 N–H and O–H groups in total. The lowest BCUT2D eigenvalue weighted by Gasteiger charge is -2.12. The van der Waals surface area contributed by atoms with Crippen LogP contribution < -0.4 is 5.32 Å². The topological polar surface area (TPSA) is 77.6 Å². The number of benzene rings is 1. The number of nitrogens with zero attached hydrogens (tertiary/aromatic N) is 5. The number of hydrogen-bond acceptors (Lipinski definition) is 4. The Kier molecular flexibility index (Phi) is 4.10. The highest BCUT2D eigenvalue weighted by Gasteiger charge is 2.46. The van der Waals surface area contributed by atoms with Gasteiger partial charge in [0, 0.05) is 30.0 Å². The Balaban J connectivity index is 1.17. The molecule has 0 radical (unpaired) electrons. The summed E-state index contributed by atoms with van der Waals surface area (Å²) in [5.41, 5.74) is 4.43. The number of halogens is 1. The third-order valence-corrected chi connectivity index (χ3v) is 7.19. The second-order valence-electron chi connectivity index (χ2n) is 9.67. The molecule has 2 unspecified atom stereocenters. The number of rotatable bonds is 5.